The predicted octanol–water partition coefficient (Wildman–Crippen LogP) is 3.83. The normalized spacial score (nSPS) is 11.9. The van der Waals surface area contributed by atoms with Gasteiger partial charge in [-0.3, -0.25) is 4.79 Å². The third-order valence-corrected chi connectivity index (χ3v) is 3.79. The highest BCUT2D eigenvalue weighted by molar-refractivity contribution is 9.10. The molecule has 2 aromatic rings. The van der Waals surface area contributed by atoms with E-state index in [2.05, 4.69) is 21.2 Å². The Balaban J connectivity index is 2.10. The molecule has 20 heavy (non-hydrogen) atoms. The molecule has 3 N–H and O–H groups in total. The Morgan fingerprint density at radius 1 is 1.20 bits per heavy atom. The van der Waals surface area contributed by atoms with Crippen LogP contribution in [0.4, 0.5) is 5.69 Å². The molecule has 0 fully saturated rings. The molecule has 0 spiro atoms. The Morgan fingerprint density at radius 2 is 1.85 bits per heavy atom. The summed E-state index contributed by atoms with van der Waals surface area (Å²) in [6.45, 7) is 3.88. The number of nitrogens with two attached hydrogens (primary N) is 1. The maximum absolute atomic E-state index is 12.2. The zero-order valence-electron chi connectivity index (χ0n) is 11.5. The minimum Gasteiger partial charge on any atom is -0.398 e. The molecule has 0 aliphatic carbocycles. The Bertz CT molecular complexity index is 623. The second kappa shape index (κ2) is 6.09. The average molecular weight is 333 g/mol. The van der Waals surface area contributed by atoms with Crippen molar-refractivity contribution in [3.05, 3.63) is 63.6 Å². The first-order valence-electron chi connectivity index (χ1n) is 6.40. The van der Waals surface area contributed by atoms with Crippen molar-refractivity contribution in [1.82, 2.24) is 5.32 Å². The van der Waals surface area contributed by atoms with Gasteiger partial charge in [-0.1, -0.05) is 34.1 Å². The van der Waals surface area contributed by atoms with Crippen LogP contribution in [0.15, 0.2) is 46.9 Å². The van der Waals surface area contributed by atoms with Gasteiger partial charge in [-0.15, -0.1) is 0 Å². The topological polar surface area (TPSA) is 55.1 Å². The SMILES string of the molecule is Cc1ccc(C(=O)NC(C)c2ccc(Br)cc2)cc1N. The third kappa shape index (κ3) is 3.39. The maximum atomic E-state index is 12.2. The van der Waals surface area contributed by atoms with E-state index < -0.39 is 0 Å². The van der Waals surface area contributed by atoms with E-state index in [1.54, 1.807) is 12.1 Å². The minimum absolute atomic E-state index is 0.0573. The number of hydrogen-bond donors (Lipinski definition) is 2. The summed E-state index contributed by atoms with van der Waals surface area (Å²) in [5, 5.41) is 2.97. The molecule has 0 saturated heterocycles. The average Bonchev–Trinajstić information content (AvgIpc) is 2.42. The Hall–Kier alpha value is -1.81. The van der Waals surface area contributed by atoms with Gasteiger partial charge in [-0.05, 0) is 49.2 Å². The highest BCUT2D eigenvalue weighted by Gasteiger charge is 2.12. The number of carbonyl (C=O) groups is 1. The van der Waals surface area contributed by atoms with Crippen molar-refractivity contribution in [3.63, 3.8) is 0 Å². The first-order chi connectivity index (χ1) is 9.47. The van der Waals surface area contributed by atoms with Gasteiger partial charge < -0.3 is 11.1 Å². The zero-order valence-corrected chi connectivity index (χ0v) is 13.1. The monoisotopic (exact) mass is 332 g/mol. The van der Waals surface area contributed by atoms with Gasteiger partial charge in [0.25, 0.3) is 5.91 Å². The van der Waals surface area contributed by atoms with E-state index in [0.29, 0.717) is 11.3 Å². The van der Waals surface area contributed by atoms with Crippen molar-refractivity contribution in [2.45, 2.75) is 19.9 Å². The van der Waals surface area contributed by atoms with Gasteiger partial charge in [-0.2, -0.15) is 0 Å². The molecule has 104 valence electrons. The number of benzene rings is 2. The highest BCUT2D eigenvalue weighted by Crippen LogP contribution is 2.18. The van der Waals surface area contributed by atoms with Crippen LogP contribution in [-0.4, -0.2) is 5.91 Å². The van der Waals surface area contributed by atoms with Crippen LogP contribution in [0.1, 0.15) is 34.5 Å². The maximum Gasteiger partial charge on any atom is 0.251 e. The number of halogens is 1. The molecule has 0 aromatic heterocycles. The van der Waals surface area contributed by atoms with Crippen LogP contribution >= 0.6 is 15.9 Å². The fourth-order valence-electron chi connectivity index (χ4n) is 1.90. The molecule has 2 aromatic carbocycles. The number of nitrogen functional groups attached to an aromatic ring is 1. The van der Waals surface area contributed by atoms with Crippen molar-refractivity contribution in [3.8, 4) is 0 Å². The van der Waals surface area contributed by atoms with Crippen LogP contribution < -0.4 is 11.1 Å². The van der Waals surface area contributed by atoms with Crippen molar-refractivity contribution >= 4 is 27.5 Å². The fourth-order valence-corrected chi connectivity index (χ4v) is 2.16. The van der Waals surface area contributed by atoms with Gasteiger partial charge in [-0.25, -0.2) is 0 Å². The molecular weight excluding hydrogens is 316 g/mol. The van der Waals surface area contributed by atoms with E-state index >= 15 is 0 Å². The van der Waals surface area contributed by atoms with Gasteiger partial charge in [0.1, 0.15) is 0 Å². The van der Waals surface area contributed by atoms with E-state index in [1.807, 2.05) is 44.2 Å². The summed E-state index contributed by atoms with van der Waals surface area (Å²) >= 11 is 3.40. The largest absolute Gasteiger partial charge is 0.398 e. The van der Waals surface area contributed by atoms with Gasteiger partial charge in [0.05, 0.1) is 6.04 Å². The third-order valence-electron chi connectivity index (χ3n) is 3.26. The van der Waals surface area contributed by atoms with Crippen molar-refractivity contribution in [2.24, 2.45) is 0 Å². The Kier molecular flexibility index (Phi) is 4.45. The molecular formula is C16H17BrN2O. The molecule has 0 aliphatic heterocycles. The highest BCUT2D eigenvalue weighted by atomic mass is 79.9. The molecule has 1 unspecified atom stereocenters. The lowest BCUT2D eigenvalue weighted by Gasteiger charge is -2.15. The van der Waals surface area contributed by atoms with E-state index in [0.717, 1.165) is 15.6 Å². The van der Waals surface area contributed by atoms with E-state index in [1.165, 1.54) is 0 Å². The minimum atomic E-state index is -0.118. The second-order valence-corrected chi connectivity index (χ2v) is 5.73. The van der Waals surface area contributed by atoms with E-state index in [4.69, 9.17) is 5.73 Å². The second-order valence-electron chi connectivity index (χ2n) is 4.82. The zero-order chi connectivity index (χ0) is 14.7. The summed E-state index contributed by atoms with van der Waals surface area (Å²) in [6, 6.07) is 13.2. The first kappa shape index (κ1) is 14.6. The fraction of sp³-hybridized carbons (Fsp3) is 0.188. The van der Waals surface area contributed by atoms with Gasteiger partial charge >= 0.3 is 0 Å². The van der Waals surface area contributed by atoms with Crippen molar-refractivity contribution in [2.75, 3.05) is 5.73 Å². The predicted molar refractivity (Wildman–Crippen MR) is 85.6 cm³/mol. The number of nitrogens with one attached hydrogen (secondary N) is 1. The summed E-state index contributed by atoms with van der Waals surface area (Å²) in [4.78, 5) is 12.2. The van der Waals surface area contributed by atoms with Gasteiger partial charge in [0, 0.05) is 15.7 Å². The Labute approximate surface area is 127 Å². The van der Waals surface area contributed by atoms with Crippen LogP contribution in [0, 0.1) is 6.92 Å². The van der Waals surface area contributed by atoms with E-state index in [-0.39, 0.29) is 11.9 Å². The summed E-state index contributed by atoms with van der Waals surface area (Å²) < 4.78 is 1.02. The lowest BCUT2D eigenvalue weighted by Crippen LogP contribution is -2.26. The smallest absolute Gasteiger partial charge is 0.251 e. The molecule has 1 atom stereocenters. The molecule has 4 heteroatoms. The molecule has 0 heterocycles. The summed E-state index contributed by atoms with van der Waals surface area (Å²) in [5.41, 5.74) is 9.08. The number of amides is 1. The van der Waals surface area contributed by atoms with Crippen LogP contribution in [-0.2, 0) is 0 Å². The van der Waals surface area contributed by atoms with Crippen LogP contribution in [0.25, 0.3) is 0 Å². The van der Waals surface area contributed by atoms with Crippen molar-refractivity contribution in [1.29, 1.82) is 0 Å². The van der Waals surface area contributed by atoms with Gasteiger partial charge in [0.2, 0.25) is 0 Å². The quantitative estimate of drug-likeness (QED) is 0.839. The van der Waals surface area contributed by atoms with Crippen LogP contribution in [0.2, 0.25) is 0 Å². The molecule has 0 radical (unpaired) electrons. The molecule has 1 amide bonds. The van der Waals surface area contributed by atoms with Gasteiger partial charge in [0.15, 0.2) is 0 Å². The van der Waals surface area contributed by atoms with E-state index in [9.17, 15) is 4.79 Å². The molecule has 0 saturated carbocycles. The standard InChI is InChI=1S/C16H17BrN2O/c1-10-3-4-13(9-15(10)18)16(20)19-11(2)12-5-7-14(17)8-6-12/h3-9,11H,18H2,1-2H3,(H,19,20). The Morgan fingerprint density at radius 3 is 2.45 bits per heavy atom. The molecule has 0 aliphatic rings. The molecule has 0 bridgehead atoms. The molecule has 3 nitrogen and oxygen atoms in total. The summed E-state index contributed by atoms with van der Waals surface area (Å²) in [5.74, 6) is -0.118. The van der Waals surface area contributed by atoms with Crippen LogP contribution in [0.3, 0.4) is 0 Å². The van der Waals surface area contributed by atoms with Crippen molar-refractivity contribution < 1.29 is 4.79 Å². The number of hydrogen-bond acceptors (Lipinski definition) is 2. The lowest BCUT2D eigenvalue weighted by molar-refractivity contribution is 0.0940. The number of rotatable bonds is 3. The first-order valence-corrected chi connectivity index (χ1v) is 7.19. The number of anilines is 1. The van der Waals surface area contributed by atoms with Crippen LogP contribution in [0.5, 0.6) is 0 Å². The summed E-state index contributed by atoms with van der Waals surface area (Å²) in [7, 11) is 0. The summed E-state index contributed by atoms with van der Waals surface area (Å²) in [6.07, 6.45) is 0. The molecule has 2 rings (SSSR count). The lowest BCUT2D eigenvalue weighted by atomic mass is 10.1. The number of aryl methyl sites for hydroxylation is 1. The number of carbonyl (C=O) groups excluding carboxylic acids is 1.